The quantitative estimate of drug-likeness (QED) is 0.771. The average molecular weight is 294 g/mol. The topological polar surface area (TPSA) is 18.5 Å². The summed E-state index contributed by atoms with van der Waals surface area (Å²) in [6.45, 7) is 0.934. The van der Waals surface area contributed by atoms with Gasteiger partial charge in [0.15, 0.2) is 6.17 Å². The molecule has 20 heavy (non-hydrogen) atoms. The Balaban J connectivity index is 1.74. The van der Waals surface area contributed by atoms with E-state index in [-0.39, 0.29) is 19.1 Å². The molecule has 6 atom stereocenters. The van der Waals surface area contributed by atoms with Gasteiger partial charge in [0, 0.05) is 19.6 Å². The fraction of sp³-hybridized carbons (Fsp3) is 1.00. The van der Waals surface area contributed by atoms with E-state index in [2.05, 4.69) is 0 Å². The highest BCUT2D eigenvalue weighted by atomic mass is 19.2. The number of methoxy groups -OCH3 is 1. The van der Waals surface area contributed by atoms with Crippen LogP contribution >= 0.6 is 0 Å². The van der Waals surface area contributed by atoms with Crippen LogP contribution in [0.2, 0.25) is 0 Å². The predicted molar refractivity (Wildman–Crippen MR) is 71.0 cm³/mol. The number of ether oxygens (including phenoxy) is 2. The fourth-order valence-corrected chi connectivity index (χ4v) is 3.37. The molecule has 118 valence electrons. The Morgan fingerprint density at radius 3 is 2.50 bits per heavy atom. The molecule has 0 bridgehead atoms. The lowest BCUT2D eigenvalue weighted by Gasteiger charge is -2.34. The van der Waals surface area contributed by atoms with Crippen molar-refractivity contribution in [1.82, 2.24) is 0 Å². The van der Waals surface area contributed by atoms with Gasteiger partial charge in [-0.1, -0.05) is 6.42 Å². The van der Waals surface area contributed by atoms with Crippen LogP contribution in [-0.4, -0.2) is 44.9 Å². The molecular formula is C15H25F3O2. The molecule has 2 saturated carbocycles. The van der Waals surface area contributed by atoms with Crippen LogP contribution in [0.4, 0.5) is 13.2 Å². The third-order valence-electron chi connectivity index (χ3n) is 4.60. The number of hydrogen-bond donors (Lipinski definition) is 0. The lowest BCUT2D eigenvalue weighted by atomic mass is 9.85. The Kier molecular flexibility index (Phi) is 6.15. The molecule has 2 rings (SSSR count). The summed E-state index contributed by atoms with van der Waals surface area (Å²) >= 11 is 0. The van der Waals surface area contributed by atoms with E-state index in [1.165, 1.54) is 0 Å². The monoisotopic (exact) mass is 294 g/mol. The molecule has 2 nitrogen and oxygen atoms in total. The Hall–Kier alpha value is -0.290. The molecule has 2 aliphatic rings. The van der Waals surface area contributed by atoms with Gasteiger partial charge in [-0.15, -0.1) is 0 Å². The van der Waals surface area contributed by atoms with Crippen molar-refractivity contribution in [2.45, 2.75) is 63.1 Å². The number of hydrogen-bond acceptors (Lipinski definition) is 2. The van der Waals surface area contributed by atoms with Crippen molar-refractivity contribution >= 4 is 0 Å². The molecule has 0 N–H and O–H groups in total. The molecule has 0 spiro atoms. The number of halogens is 3. The van der Waals surface area contributed by atoms with Crippen LogP contribution in [0.3, 0.4) is 0 Å². The van der Waals surface area contributed by atoms with E-state index in [4.69, 9.17) is 9.47 Å². The van der Waals surface area contributed by atoms with Gasteiger partial charge in [0.05, 0.1) is 12.7 Å². The molecule has 0 aromatic carbocycles. The summed E-state index contributed by atoms with van der Waals surface area (Å²) in [7, 11) is 1.69. The second kappa shape index (κ2) is 7.64. The summed E-state index contributed by atoms with van der Waals surface area (Å²) < 4.78 is 51.0. The maximum absolute atomic E-state index is 13.7. The molecule has 0 amide bonds. The average Bonchev–Trinajstić information content (AvgIpc) is 2.45. The standard InChI is InChI=1S/C15H25F3O2/c1-19-8-10-3-2-4-12(7-10)20-9-11-5-6-13(16)15(18)14(11)17/h10-15H,2-9H2,1H3. The van der Waals surface area contributed by atoms with Crippen LogP contribution in [0.5, 0.6) is 0 Å². The Labute approximate surface area is 119 Å². The number of alkyl halides is 3. The van der Waals surface area contributed by atoms with Gasteiger partial charge >= 0.3 is 0 Å². The first kappa shape index (κ1) is 16.1. The molecule has 0 heterocycles. The van der Waals surface area contributed by atoms with Crippen molar-refractivity contribution in [3.63, 3.8) is 0 Å². The highest BCUT2D eigenvalue weighted by molar-refractivity contribution is 4.88. The van der Waals surface area contributed by atoms with Crippen LogP contribution < -0.4 is 0 Å². The van der Waals surface area contributed by atoms with Crippen LogP contribution in [0, 0.1) is 11.8 Å². The number of rotatable bonds is 5. The van der Waals surface area contributed by atoms with Crippen molar-refractivity contribution < 1.29 is 22.6 Å². The molecule has 6 unspecified atom stereocenters. The van der Waals surface area contributed by atoms with Crippen molar-refractivity contribution in [2.75, 3.05) is 20.3 Å². The van der Waals surface area contributed by atoms with Crippen LogP contribution in [0.25, 0.3) is 0 Å². The first-order valence-electron chi connectivity index (χ1n) is 7.64. The van der Waals surface area contributed by atoms with Gasteiger partial charge in [-0.2, -0.15) is 0 Å². The fourth-order valence-electron chi connectivity index (χ4n) is 3.37. The van der Waals surface area contributed by atoms with E-state index in [1.807, 2.05) is 0 Å². The first-order valence-corrected chi connectivity index (χ1v) is 7.64. The minimum Gasteiger partial charge on any atom is -0.384 e. The summed E-state index contributed by atoms with van der Waals surface area (Å²) in [5, 5.41) is 0. The van der Waals surface area contributed by atoms with Crippen molar-refractivity contribution in [2.24, 2.45) is 11.8 Å². The van der Waals surface area contributed by atoms with Gasteiger partial charge in [-0.05, 0) is 38.0 Å². The van der Waals surface area contributed by atoms with Gasteiger partial charge in [-0.3, -0.25) is 0 Å². The Bertz CT molecular complexity index is 288. The molecule has 5 heteroatoms. The summed E-state index contributed by atoms with van der Waals surface area (Å²) in [4.78, 5) is 0. The molecule has 2 fully saturated rings. The van der Waals surface area contributed by atoms with Gasteiger partial charge in [0.1, 0.15) is 12.3 Å². The zero-order valence-electron chi connectivity index (χ0n) is 12.1. The van der Waals surface area contributed by atoms with Crippen molar-refractivity contribution in [3.05, 3.63) is 0 Å². The van der Waals surface area contributed by atoms with Crippen LogP contribution in [0.1, 0.15) is 38.5 Å². The lowest BCUT2D eigenvalue weighted by molar-refractivity contribution is -0.0628. The zero-order valence-corrected chi connectivity index (χ0v) is 12.1. The van der Waals surface area contributed by atoms with E-state index in [1.54, 1.807) is 7.11 Å². The highest BCUT2D eigenvalue weighted by Gasteiger charge is 2.40. The van der Waals surface area contributed by atoms with E-state index >= 15 is 0 Å². The summed E-state index contributed by atoms with van der Waals surface area (Å²) in [5.74, 6) is -0.00442. The van der Waals surface area contributed by atoms with Crippen molar-refractivity contribution in [1.29, 1.82) is 0 Å². The molecular weight excluding hydrogens is 269 g/mol. The third kappa shape index (κ3) is 4.10. The van der Waals surface area contributed by atoms with Crippen LogP contribution in [-0.2, 0) is 9.47 Å². The molecule has 2 aliphatic carbocycles. The predicted octanol–water partition coefficient (Wildman–Crippen LogP) is 3.63. The molecule has 0 saturated heterocycles. The van der Waals surface area contributed by atoms with E-state index < -0.39 is 24.4 Å². The minimum absolute atomic E-state index is 0.104. The normalized spacial score (nSPS) is 42.6. The SMILES string of the molecule is COCC1CCCC(OCC2CCC(F)C(F)C2F)C1. The van der Waals surface area contributed by atoms with E-state index in [9.17, 15) is 13.2 Å². The largest absolute Gasteiger partial charge is 0.384 e. The van der Waals surface area contributed by atoms with Gasteiger partial charge in [-0.25, -0.2) is 13.2 Å². The molecule has 0 aromatic heterocycles. The Morgan fingerprint density at radius 2 is 1.75 bits per heavy atom. The maximum Gasteiger partial charge on any atom is 0.162 e. The van der Waals surface area contributed by atoms with Crippen molar-refractivity contribution in [3.8, 4) is 0 Å². The first-order chi connectivity index (χ1) is 9.61. The lowest BCUT2D eigenvalue weighted by Crippen LogP contribution is -2.41. The zero-order chi connectivity index (χ0) is 14.5. The van der Waals surface area contributed by atoms with E-state index in [0.717, 1.165) is 32.3 Å². The van der Waals surface area contributed by atoms with E-state index in [0.29, 0.717) is 12.3 Å². The second-order valence-electron chi connectivity index (χ2n) is 6.19. The van der Waals surface area contributed by atoms with Gasteiger partial charge < -0.3 is 9.47 Å². The molecule has 0 aromatic rings. The minimum atomic E-state index is -1.98. The van der Waals surface area contributed by atoms with Gasteiger partial charge in [0.25, 0.3) is 0 Å². The summed E-state index contributed by atoms with van der Waals surface area (Å²) in [6, 6.07) is 0. The molecule has 0 aliphatic heterocycles. The summed E-state index contributed by atoms with van der Waals surface area (Å²) in [5.41, 5.74) is 0. The third-order valence-corrected chi connectivity index (χ3v) is 4.60. The smallest absolute Gasteiger partial charge is 0.162 e. The van der Waals surface area contributed by atoms with Gasteiger partial charge in [0.2, 0.25) is 0 Å². The molecule has 0 radical (unpaired) electrons. The van der Waals surface area contributed by atoms with Crippen LogP contribution in [0.15, 0.2) is 0 Å². The Morgan fingerprint density at radius 1 is 0.950 bits per heavy atom. The summed E-state index contributed by atoms with van der Waals surface area (Å²) in [6.07, 6.45) is -0.665. The maximum atomic E-state index is 13.7. The highest BCUT2D eigenvalue weighted by Crippen LogP contribution is 2.33. The second-order valence-corrected chi connectivity index (χ2v) is 6.19.